The standard InChI is InChI=1S/C8H6BrNO5/c1-15-7-5(10(13)14)3-2-4(9)6(7)8(11)12/h2-3H,1H3,(H,11,12). The number of nitrogens with zero attached hydrogens (tertiary/aromatic N) is 1. The van der Waals surface area contributed by atoms with Crippen LogP contribution in [0.1, 0.15) is 10.4 Å². The predicted octanol–water partition coefficient (Wildman–Crippen LogP) is 2.06. The summed E-state index contributed by atoms with van der Waals surface area (Å²) in [6.07, 6.45) is 0. The van der Waals surface area contributed by atoms with Crippen LogP contribution < -0.4 is 4.74 Å². The molecule has 0 aliphatic rings. The highest BCUT2D eigenvalue weighted by atomic mass is 79.9. The lowest BCUT2D eigenvalue weighted by molar-refractivity contribution is -0.385. The summed E-state index contributed by atoms with van der Waals surface area (Å²) in [6.45, 7) is 0. The van der Waals surface area contributed by atoms with E-state index in [9.17, 15) is 14.9 Å². The lowest BCUT2D eigenvalue weighted by atomic mass is 10.2. The Kier molecular flexibility index (Phi) is 3.25. The summed E-state index contributed by atoms with van der Waals surface area (Å²) in [5.74, 6) is -1.55. The first-order chi connectivity index (χ1) is 6.99. The van der Waals surface area contributed by atoms with E-state index < -0.39 is 10.9 Å². The van der Waals surface area contributed by atoms with Crippen molar-refractivity contribution in [2.45, 2.75) is 0 Å². The number of hydrogen-bond acceptors (Lipinski definition) is 4. The van der Waals surface area contributed by atoms with Crippen LogP contribution in [-0.4, -0.2) is 23.1 Å². The van der Waals surface area contributed by atoms with Crippen molar-refractivity contribution in [2.75, 3.05) is 7.11 Å². The van der Waals surface area contributed by atoms with E-state index in [0.717, 1.165) is 0 Å². The molecule has 1 N–H and O–H groups in total. The van der Waals surface area contributed by atoms with Crippen molar-refractivity contribution in [3.63, 3.8) is 0 Å². The van der Waals surface area contributed by atoms with Gasteiger partial charge in [0.2, 0.25) is 5.75 Å². The molecule has 0 spiro atoms. The molecule has 0 radical (unpaired) electrons. The number of methoxy groups -OCH3 is 1. The van der Waals surface area contributed by atoms with Crippen LogP contribution in [-0.2, 0) is 0 Å². The van der Waals surface area contributed by atoms with E-state index in [-0.39, 0.29) is 21.5 Å². The van der Waals surface area contributed by atoms with Crippen LogP contribution in [0, 0.1) is 10.1 Å². The fourth-order valence-electron chi connectivity index (χ4n) is 1.10. The Morgan fingerprint density at radius 1 is 1.60 bits per heavy atom. The zero-order valence-electron chi connectivity index (χ0n) is 7.56. The van der Waals surface area contributed by atoms with Gasteiger partial charge in [-0.3, -0.25) is 10.1 Å². The molecule has 0 atom stereocenters. The molecule has 0 aliphatic carbocycles. The Hall–Kier alpha value is -1.63. The molecule has 0 heterocycles. The number of hydrogen-bond donors (Lipinski definition) is 1. The van der Waals surface area contributed by atoms with E-state index in [4.69, 9.17) is 9.84 Å². The maximum atomic E-state index is 10.8. The van der Waals surface area contributed by atoms with Crippen LogP contribution in [0.5, 0.6) is 5.75 Å². The van der Waals surface area contributed by atoms with E-state index in [1.54, 1.807) is 0 Å². The molecule has 15 heavy (non-hydrogen) atoms. The molecule has 0 saturated heterocycles. The fraction of sp³-hybridized carbons (Fsp3) is 0.125. The van der Waals surface area contributed by atoms with Crippen molar-refractivity contribution < 1.29 is 19.6 Å². The highest BCUT2D eigenvalue weighted by Gasteiger charge is 2.25. The fourth-order valence-corrected chi connectivity index (χ4v) is 1.58. The van der Waals surface area contributed by atoms with Crippen molar-refractivity contribution >= 4 is 27.6 Å². The molecule has 6 nitrogen and oxygen atoms in total. The maximum Gasteiger partial charge on any atom is 0.340 e. The zero-order chi connectivity index (χ0) is 11.6. The van der Waals surface area contributed by atoms with E-state index >= 15 is 0 Å². The van der Waals surface area contributed by atoms with Gasteiger partial charge in [-0.25, -0.2) is 4.79 Å². The van der Waals surface area contributed by atoms with E-state index in [1.807, 2.05) is 0 Å². The highest BCUT2D eigenvalue weighted by molar-refractivity contribution is 9.10. The summed E-state index contributed by atoms with van der Waals surface area (Å²) in [5.41, 5.74) is -0.634. The van der Waals surface area contributed by atoms with Gasteiger partial charge in [-0.05, 0) is 22.0 Å². The second kappa shape index (κ2) is 4.26. The third-order valence-corrected chi connectivity index (χ3v) is 2.36. The second-order valence-corrected chi connectivity index (χ2v) is 3.39. The van der Waals surface area contributed by atoms with Gasteiger partial charge in [0.25, 0.3) is 0 Å². The van der Waals surface area contributed by atoms with Crippen LogP contribution in [0.15, 0.2) is 16.6 Å². The first-order valence-corrected chi connectivity index (χ1v) is 4.52. The number of nitro benzene ring substituents is 1. The van der Waals surface area contributed by atoms with Gasteiger partial charge in [0.05, 0.1) is 12.0 Å². The predicted molar refractivity (Wildman–Crippen MR) is 54.3 cm³/mol. The minimum absolute atomic E-state index is 0.234. The number of nitro groups is 1. The van der Waals surface area contributed by atoms with Gasteiger partial charge < -0.3 is 9.84 Å². The molecule has 7 heteroatoms. The van der Waals surface area contributed by atoms with Crippen LogP contribution in [0.2, 0.25) is 0 Å². The molecular formula is C8H6BrNO5. The first-order valence-electron chi connectivity index (χ1n) is 3.73. The quantitative estimate of drug-likeness (QED) is 0.674. The highest BCUT2D eigenvalue weighted by Crippen LogP contribution is 2.35. The van der Waals surface area contributed by atoms with Crippen molar-refractivity contribution in [3.05, 3.63) is 32.3 Å². The number of rotatable bonds is 3. The maximum absolute atomic E-state index is 10.8. The summed E-state index contributed by atoms with van der Waals surface area (Å²) >= 11 is 2.99. The molecule has 1 aromatic carbocycles. The number of carboxylic acid groups (broad SMARTS) is 1. The van der Waals surface area contributed by atoms with Crippen LogP contribution in [0.25, 0.3) is 0 Å². The van der Waals surface area contributed by atoms with Crippen molar-refractivity contribution in [3.8, 4) is 5.75 Å². The Bertz CT molecular complexity index is 431. The molecule has 0 bridgehead atoms. The van der Waals surface area contributed by atoms with E-state index in [1.165, 1.54) is 19.2 Å². The summed E-state index contributed by atoms with van der Waals surface area (Å²) in [5, 5.41) is 19.4. The molecule has 1 aromatic rings. The van der Waals surface area contributed by atoms with Crippen molar-refractivity contribution in [1.29, 1.82) is 0 Å². The number of benzene rings is 1. The Morgan fingerprint density at radius 3 is 2.60 bits per heavy atom. The number of carbonyl (C=O) groups is 1. The van der Waals surface area contributed by atoms with Crippen molar-refractivity contribution in [2.24, 2.45) is 0 Å². The first kappa shape index (κ1) is 11.4. The number of aromatic carboxylic acids is 1. The molecule has 0 amide bonds. The summed E-state index contributed by atoms with van der Waals surface area (Å²) in [6, 6.07) is 2.47. The van der Waals surface area contributed by atoms with Crippen LogP contribution in [0.3, 0.4) is 0 Å². The lowest BCUT2D eigenvalue weighted by Gasteiger charge is -2.06. The smallest absolute Gasteiger partial charge is 0.340 e. The topological polar surface area (TPSA) is 89.7 Å². The Labute approximate surface area is 92.8 Å². The lowest BCUT2D eigenvalue weighted by Crippen LogP contribution is -2.04. The number of halogens is 1. The second-order valence-electron chi connectivity index (χ2n) is 2.54. The normalized spacial score (nSPS) is 9.73. The minimum atomic E-state index is -1.29. The van der Waals surface area contributed by atoms with E-state index in [2.05, 4.69) is 15.9 Å². The Balaban J connectivity index is 3.54. The monoisotopic (exact) mass is 275 g/mol. The molecule has 0 fully saturated rings. The number of carboxylic acids is 1. The summed E-state index contributed by atoms with van der Waals surface area (Å²) in [7, 11) is 1.18. The third kappa shape index (κ3) is 2.07. The molecule has 0 saturated carbocycles. The van der Waals surface area contributed by atoms with Gasteiger partial charge in [0, 0.05) is 10.5 Å². The average Bonchev–Trinajstić information content (AvgIpc) is 2.15. The van der Waals surface area contributed by atoms with Crippen LogP contribution in [0.4, 0.5) is 5.69 Å². The van der Waals surface area contributed by atoms with Gasteiger partial charge in [-0.15, -0.1) is 0 Å². The Morgan fingerprint density at radius 2 is 2.20 bits per heavy atom. The summed E-state index contributed by atoms with van der Waals surface area (Å²) in [4.78, 5) is 20.7. The van der Waals surface area contributed by atoms with E-state index in [0.29, 0.717) is 0 Å². The number of ether oxygens (including phenoxy) is 1. The molecular weight excluding hydrogens is 270 g/mol. The molecule has 0 unspecified atom stereocenters. The van der Waals surface area contributed by atoms with Crippen molar-refractivity contribution in [1.82, 2.24) is 0 Å². The molecule has 0 aliphatic heterocycles. The third-order valence-electron chi connectivity index (χ3n) is 1.70. The summed E-state index contributed by atoms with van der Waals surface area (Å²) < 4.78 is 4.96. The van der Waals surface area contributed by atoms with Gasteiger partial charge in [-0.1, -0.05) is 0 Å². The average molecular weight is 276 g/mol. The van der Waals surface area contributed by atoms with Crippen LogP contribution >= 0.6 is 15.9 Å². The largest absolute Gasteiger partial charge is 0.490 e. The van der Waals surface area contributed by atoms with Gasteiger partial charge >= 0.3 is 11.7 Å². The minimum Gasteiger partial charge on any atom is -0.490 e. The molecule has 0 aromatic heterocycles. The molecule has 80 valence electrons. The SMILES string of the molecule is COc1c([N+](=O)[O-])ccc(Br)c1C(=O)O. The van der Waals surface area contributed by atoms with Gasteiger partial charge in [-0.2, -0.15) is 0 Å². The zero-order valence-corrected chi connectivity index (χ0v) is 9.15. The van der Waals surface area contributed by atoms with Gasteiger partial charge in [0.1, 0.15) is 5.56 Å². The molecule has 1 rings (SSSR count). The van der Waals surface area contributed by atoms with Gasteiger partial charge in [0.15, 0.2) is 0 Å².